The summed E-state index contributed by atoms with van der Waals surface area (Å²) in [6.07, 6.45) is 5.86. The number of ether oxygens (including phenoxy) is 1. The van der Waals surface area contributed by atoms with Crippen LogP contribution in [0.1, 0.15) is 46.0 Å². The van der Waals surface area contributed by atoms with E-state index in [1.54, 1.807) is 0 Å². The molecule has 0 amide bonds. The first-order valence-electron chi connectivity index (χ1n) is 7.87. The number of aromatic nitrogens is 3. The Morgan fingerprint density at radius 3 is 2.57 bits per heavy atom. The van der Waals surface area contributed by atoms with E-state index < -0.39 is 0 Å². The highest BCUT2D eigenvalue weighted by molar-refractivity contribution is 5.38. The Bertz CT molecular complexity index is 433. The molecule has 1 aromatic heterocycles. The minimum atomic E-state index is 0.338. The predicted octanol–water partition coefficient (Wildman–Crippen LogP) is 1.96. The second-order valence-corrected chi connectivity index (χ2v) is 5.45. The third-order valence-corrected chi connectivity index (χ3v) is 3.76. The quantitative estimate of drug-likeness (QED) is 0.587. The number of rotatable bonds is 7. The van der Waals surface area contributed by atoms with Crippen LogP contribution in [0.3, 0.4) is 0 Å². The number of hydrogen-bond acceptors (Lipinski definition) is 7. The van der Waals surface area contributed by atoms with Crippen LogP contribution in [0.15, 0.2) is 0 Å². The summed E-state index contributed by atoms with van der Waals surface area (Å²) in [7, 11) is 0. The fraction of sp³-hybridized carbons (Fsp3) is 0.786. The molecule has 0 spiro atoms. The zero-order chi connectivity index (χ0) is 15.1. The van der Waals surface area contributed by atoms with Gasteiger partial charge in [0.2, 0.25) is 11.9 Å². The minimum Gasteiger partial charge on any atom is -0.463 e. The van der Waals surface area contributed by atoms with Gasteiger partial charge in [0.15, 0.2) is 0 Å². The van der Waals surface area contributed by atoms with Gasteiger partial charge in [0.05, 0.1) is 6.61 Å². The van der Waals surface area contributed by atoms with Crippen LogP contribution >= 0.6 is 0 Å². The number of anilines is 2. The van der Waals surface area contributed by atoms with Crippen LogP contribution in [0.5, 0.6) is 6.01 Å². The fourth-order valence-electron chi connectivity index (χ4n) is 2.64. The Labute approximate surface area is 126 Å². The van der Waals surface area contributed by atoms with E-state index in [0.29, 0.717) is 24.5 Å². The highest BCUT2D eigenvalue weighted by atomic mass is 16.5. The lowest BCUT2D eigenvalue weighted by atomic mass is 9.93. The third kappa shape index (κ3) is 4.42. The van der Waals surface area contributed by atoms with E-state index in [0.717, 1.165) is 25.4 Å². The normalized spacial score (nSPS) is 16.0. The molecule has 0 saturated carbocycles. The van der Waals surface area contributed by atoms with Gasteiger partial charge in [-0.3, -0.25) is 5.43 Å². The zero-order valence-corrected chi connectivity index (χ0v) is 13.0. The standard InChI is InChI=1S/C14H26N6O/c1-3-5-11-6-8-20(9-7-11)13-16-12(19-15)17-14(18-13)21-10-4-2/h11H,3-10,15H2,1-2H3,(H,16,17,18,19). The van der Waals surface area contributed by atoms with Gasteiger partial charge in [-0.1, -0.05) is 26.7 Å². The molecule has 7 heteroatoms. The zero-order valence-electron chi connectivity index (χ0n) is 13.0. The molecule has 0 atom stereocenters. The number of nitrogens with zero attached hydrogens (tertiary/aromatic N) is 4. The van der Waals surface area contributed by atoms with Crippen molar-refractivity contribution in [2.24, 2.45) is 11.8 Å². The number of piperidine rings is 1. The van der Waals surface area contributed by atoms with Gasteiger partial charge in [-0.05, 0) is 25.2 Å². The summed E-state index contributed by atoms with van der Waals surface area (Å²) >= 11 is 0. The second kappa shape index (κ2) is 7.97. The molecule has 0 aliphatic carbocycles. The van der Waals surface area contributed by atoms with E-state index in [9.17, 15) is 0 Å². The first-order valence-corrected chi connectivity index (χ1v) is 7.87. The Morgan fingerprint density at radius 2 is 1.95 bits per heavy atom. The smallest absolute Gasteiger partial charge is 0.323 e. The van der Waals surface area contributed by atoms with Crippen molar-refractivity contribution in [3.05, 3.63) is 0 Å². The van der Waals surface area contributed by atoms with Gasteiger partial charge in [0.25, 0.3) is 0 Å². The van der Waals surface area contributed by atoms with E-state index in [-0.39, 0.29) is 0 Å². The molecule has 0 aromatic carbocycles. The molecule has 3 N–H and O–H groups in total. The summed E-state index contributed by atoms with van der Waals surface area (Å²) in [6.45, 7) is 6.83. The van der Waals surface area contributed by atoms with E-state index in [1.165, 1.54) is 25.7 Å². The SMILES string of the molecule is CCCOc1nc(NN)nc(N2CCC(CCC)CC2)n1. The monoisotopic (exact) mass is 294 g/mol. The highest BCUT2D eigenvalue weighted by Gasteiger charge is 2.21. The molecule has 1 fully saturated rings. The van der Waals surface area contributed by atoms with Gasteiger partial charge in [-0.25, -0.2) is 5.84 Å². The Balaban J connectivity index is 2.04. The summed E-state index contributed by atoms with van der Waals surface area (Å²) < 4.78 is 5.50. The largest absolute Gasteiger partial charge is 0.463 e. The molecule has 1 aliphatic rings. The van der Waals surface area contributed by atoms with Gasteiger partial charge >= 0.3 is 6.01 Å². The lowest BCUT2D eigenvalue weighted by molar-refractivity contribution is 0.291. The Hall–Kier alpha value is -1.63. The fourth-order valence-corrected chi connectivity index (χ4v) is 2.64. The van der Waals surface area contributed by atoms with Crippen molar-refractivity contribution in [3.8, 4) is 6.01 Å². The second-order valence-electron chi connectivity index (χ2n) is 5.45. The number of nitrogens with one attached hydrogen (secondary N) is 1. The third-order valence-electron chi connectivity index (χ3n) is 3.76. The summed E-state index contributed by atoms with van der Waals surface area (Å²) in [6, 6.07) is 0.338. The van der Waals surface area contributed by atoms with Crippen LogP contribution < -0.4 is 20.9 Å². The van der Waals surface area contributed by atoms with Crippen LogP contribution in [0, 0.1) is 5.92 Å². The minimum absolute atomic E-state index is 0.338. The number of nitrogens with two attached hydrogens (primary N) is 1. The van der Waals surface area contributed by atoms with Crippen LogP contribution in [0.4, 0.5) is 11.9 Å². The number of nitrogen functional groups attached to an aromatic ring is 1. The van der Waals surface area contributed by atoms with Crippen molar-refractivity contribution < 1.29 is 4.74 Å². The van der Waals surface area contributed by atoms with Crippen LogP contribution in [-0.2, 0) is 0 Å². The molecule has 0 radical (unpaired) electrons. The van der Waals surface area contributed by atoms with Crippen molar-refractivity contribution in [2.75, 3.05) is 30.0 Å². The molecule has 1 aliphatic heterocycles. The van der Waals surface area contributed by atoms with Gasteiger partial charge in [0, 0.05) is 13.1 Å². The molecule has 0 bridgehead atoms. The first kappa shape index (κ1) is 15.8. The Morgan fingerprint density at radius 1 is 1.19 bits per heavy atom. The van der Waals surface area contributed by atoms with Crippen molar-refractivity contribution >= 4 is 11.9 Å². The molecule has 118 valence electrons. The average molecular weight is 294 g/mol. The van der Waals surface area contributed by atoms with E-state index >= 15 is 0 Å². The molecular weight excluding hydrogens is 268 g/mol. The molecule has 21 heavy (non-hydrogen) atoms. The van der Waals surface area contributed by atoms with Crippen molar-refractivity contribution in [1.29, 1.82) is 0 Å². The maximum Gasteiger partial charge on any atom is 0.323 e. The maximum atomic E-state index is 5.50. The molecule has 7 nitrogen and oxygen atoms in total. The summed E-state index contributed by atoms with van der Waals surface area (Å²) in [5, 5.41) is 0. The van der Waals surface area contributed by atoms with E-state index in [2.05, 4.69) is 32.2 Å². The first-order chi connectivity index (χ1) is 10.3. The van der Waals surface area contributed by atoms with Crippen LogP contribution in [0.2, 0.25) is 0 Å². The summed E-state index contributed by atoms with van der Waals surface area (Å²) in [5.41, 5.74) is 2.48. The summed E-state index contributed by atoms with van der Waals surface area (Å²) in [5.74, 6) is 7.26. The maximum absolute atomic E-state index is 5.50. The molecule has 1 aromatic rings. The van der Waals surface area contributed by atoms with Crippen molar-refractivity contribution in [2.45, 2.75) is 46.0 Å². The molecule has 2 rings (SSSR count). The molecule has 0 unspecified atom stereocenters. The van der Waals surface area contributed by atoms with Crippen molar-refractivity contribution in [3.63, 3.8) is 0 Å². The number of hydrogen-bond donors (Lipinski definition) is 2. The lowest BCUT2D eigenvalue weighted by Gasteiger charge is -2.31. The molecule has 1 saturated heterocycles. The predicted molar refractivity (Wildman–Crippen MR) is 83.3 cm³/mol. The van der Waals surface area contributed by atoms with E-state index in [4.69, 9.17) is 10.6 Å². The lowest BCUT2D eigenvalue weighted by Crippen LogP contribution is -2.35. The topological polar surface area (TPSA) is 89.2 Å². The van der Waals surface area contributed by atoms with Gasteiger partial charge < -0.3 is 9.64 Å². The van der Waals surface area contributed by atoms with Crippen molar-refractivity contribution in [1.82, 2.24) is 15.0 Å². The van der Waals surface area contributed by atoms with Crippen LogP contribution in [-0.4, -0.2) is 34.6 Å². The van der Waals surface area contributed by atoms with E-state index in [1.807, 2.05) is 6.92 Å². The van der Waals surface area contributed by atoms with Gasteiger partial charge in [-0.2, -0.15) is 15.0 Å². The molecule has 2 heterocycles. The summed E-state index contributed by atoms with van der Waals surface area (Å²) in [4.78, 5) is 15.1. The Kier molecular flexibility index (Phi) is 5.98. The highest BCUT2D eigenvalue weighted by Crippen LogP contribution is 2.25. The average Bonchev–Trinajstić information content (AvgIpc) is 2.53. The van der Waals surface area contributed by atoms with Crippen LogP contribution in [0.25, 0.3) is 0 Å². The van der Waals surface area contributed by atoms with Gasteiger partial charge in [0.1, 0.15) is 0 Å². The molecular formula is C14H26N6O. The number of hydrazine groups is 1. The van der Waals surface area contributed by atoms with Gasteiger partial charge in [-0.15, -0.1) is 0 Å².